The third-order valence-electron chi connectivity index (χ3n) is 3.69. The molecule has 2 aromatic rings. The van der Waals surface area contributed by atoms with Crippen LogP contribution in [0.1, 0.15) is 29.5 Å². The first-order chi connectivity index (χ1) is 9.38. The Morgan fingerprint density at radius 2 is 1.84 bits per heavy atom. The van der Waals surface area contributed by atoms with Crippen molar-refractivity contribution in [1.29, 1.82) is 0 Å². The smallest absolute Gasteiger partial charge is 0.119 e. The van der Waals surface area contributed by atoms with E-state index < -0.39 is 0 Å². The van der Waals surface area contributed by atoms with Gasteiger partial charge in [0.1, 0.15) is 5.75 Å². The summed E-state index contributed by atoms with van der Waals surface area (Å²) in [6.07, 6.45) is 5.84. The molecule has 0 aromatic heterocycles. The van der Waals surface area contributed by atoms with Crippen LogP contribution in [0.25, 0.3) is 5.57 Å². The Morgan fingerprint density at radius 3 is 2.63 bits per heavy atom. The standard InChI is InChI=1S/C18H18O/c1-19-16-11-12-18-15(13-16)9-5-6-10-17(18)14-7-3-2-4-8-14/h2-4,7-8,10-13H,5-6,9H2,1H3. The number of benzene rings is 2. The van der Waals surface area contributed by atoms with Crippen LogP contribution in [0.2, 0.25) is 0 Å². The molecule has 0 spiro atoms. The number of aryl methyl sites for hydroxylation is 1. The zero-order valence-corrected chi connectivity index (χ0v) is 11.2. The summed E-state index contributed by atoms with van der Waals surface area (Å²) < 4.78 is 5.34. The van der Waals surface area contributed by atoms with Gasteiger partial charge in [0.25, 0.3) is 0 Å². The van der Waals surface area contributed by atoms with Gasteiger partial charge in [-0.05, 0) is 53.7 Å². The second-order valence-corrected chi connectivity index (χ2v) is 4.90. The average molecular weight is 250 g/mol. The van der Waals surface area contributed by atoms with E-state index in [0.29, 0.717) is 0 Å². The lowest BCUT2D eigenvalue weighted by molar-refractivity contribution is 0.414. The maximum atomic E-state index is 5.34. The summed E-state index contributed by atoms with van der Waals surface area (Å²) in [4.78, 5) is 0. The Hall–Kier alpha value is -2.02. The van der Waals surface area contributed by atoms with Gasteiger partial charge >= 0.3 is 0 Å². The molecule has 0 heterocycles. The van der Waals surface area contributed by atoms with E-state index in [-0.39, 0.29) is 0 Å². The normalized spacial score (nSPS) is 14.3. The predicted molar refractivity (Wildman–Crippen MR) is 79.5 cm³/mol. The van der Waals surface area contributed by atoms with Gasteiger partial charge < -0.3 is 4.74 Å². The molecule has 1 aliphatic carbocycles. The molecule has 96 valence electrons. The van der Waals surface area contributed by atoms with Crippen molar-refractivity contribution in [3.63, 3.8) is 0 Å². The van der Waals surface area contributed by atoms with Gasteiger partial charge in [0.2, 0.25) is 0 Å². The summed E-state index contributed by atoms with van der Waals surface area (Å²) in [7, 11) is 1.73. The monoisotopic (exact) mass is 250 g/mol. The van der Waals surface area contributed by atoms with Gasteiger partial charge in [-0.25, -0.2) is 0 Å². The van der Waals surface area contributed by atoms with Crippen LogP contribution in [-0.2, 0) is 6.42 Å². The van der Waals surface area contributed by atoms with E-state index in [4.69, 9.17) is 4.74 Å². The lowest BCUT2D eigenvalue weighted by Crippen LogP contribution is -1.94. The van der Waals surface area contributed by atoms with Crippen molar-refractivity contribution in [3.8, 4) is 5.75 Å². The number of allylic oxidation sites excluding steroid dienone is 1. The topological polar surface area (TPSA) is 9.23 Å². The maximum absolute atomic E-state index is 5.34. The van der Waals surface area contributed by atoms with Crippen molar-refractivity contribution in [2.75, 3.05) is 7.11 Å². The fraction of sp³-hybridized carbons (Fsp3) is 0.222. The molecular formula is C18H18O. The number of rotatable bonds is 2. The number of hydrogen-bond acceptors (Lipinski definition) is 1. The van der Waals surface area contributed by atoms with Crippen molar-refractivity contribution in [2.24, 2.45) is 0 Å². The second-order valence-electron chi connectivity index (χ2n) is 4.90. The zero-order chi connectivity index (χ0) is 13.1. The minimum atomic E-state index is 0.952. The quantitative estimate of drug-likeness (QED) is 0.764. The predicted octanol–water partition coefficient (Wildman–Crippen LogP) is 4.46. The number of ether oxygens (including phenoxy) is 1. The first-order valence-electron chi connectivity index (χ1n) is 6.81. The molecule has 2 aromatic carbocycles. The lowest BCUT2D eigenvalue weighted by atomic mass is 9.94. The third-order valence-corrected chi connectivity index (χ3v) is 3.69. The van der Waals surface area contributed by atoms with E-state index in [9.17, 15) is 0 Å². The Bertz CT molecular complexity index is 596. The van der Waals surface area contributed by atoms with Crippen LogP contribution in [0.3, 0.4) is 0 Å². The van der Waals surface area contributed by atoms with Crippen LogP contribution < -0.4 is 4.74 Å². The van der Waals surface area contributed by atoms with Crippen LogP contribution in [0.4, 0.5) is 0 Å². The molecule has 0 saturated heterocycles. The average Bonchev–Trinajstić information content (AvgIpc) is 2.69. The van der Waals surface area contributed by atoms with Crippen LogP contribution in [0.5, 0.6) is 5.75 Å². The Morgan fingerprint density at radius 1 is 1.00 bits per heavy atom. The molecule has 0 amide bonds. The summed E-state index contributed by atoms with van der Waals surface area (Å²) in [5.74, 6) is 0.952. The molecule has 0 radical (unpaired) electrons. The molecule has 19 heavy (non-hydrogen) atoms. The van der Waals surface area contributed by atoms with Crippen molar-refractivity contribution in [2.45, 2.75) is 19.3 Å². The third kappa shape index (κ3) is 2.41. The second kappa shape index (κ2) is 5.31. The molecule has 0 unspecified atom stereocenters. The minimum Gasteiger partial charge on any atom is -0.497 e. The van der Waals surface area contributed by atoms with E-state index in [1.807, 2.05) is 0 Å². The highest BCUT2D eigenvalue weighted by atomic mass is 16.5. The lowest BCUT2D eigenvalue weighted by Gasteiger charge is -2.12. The summed E-state index contributed by atoms with van der Waals surface area (Å²) in [6, 6.07) is 17.1. The summed E-state index contributed by atoms with van der Waals surface area (Å²) in [5, 5.41) is 0. The minimum absolute atomic E-state index is 0.952. The van der Waals surface area contributed by atoms with Crippen molar-refractivity contribution >= 4 is 5.57 Å². The largest absolute Gasteiger partial charge is 0.497 e. The highest BCUT2D eigenvalue weighted by molar-refractivity contribution is 5.82. The molecule has 0 fully saturated rings. The Balaban J connectivity index is 2.10. The fourth-order valence-electron chi connectivity index (χ4n) is 2.71. The van der Waals surface area contributed by atoms with E-state index >= 15 is 0 Å². The Kier molecular flexibility index (Phi) is 3.37. The molecule has 1 nitrogen and oxygen atoms in total. The summed E-state index contributed by atoms with van der Waals surface area (Å²) in [6.45, 7) is 0. The highest BCUT2D eigenvalue weighted by Gasteiger charge is 2.13. The van der Waals surface area contributed by atoms with Crippen LogP contribution in [0.15, 0.2) is 54.6 Å². The molecule has 1 heteroatoms. The summed E-state index contributed by atoms with van der Waals surface area (Å²) in [5.41, 5.74) is 5.41. The molecule has 0 atom stereocenters. The van der Waals surface area contributed by atoms with Gasteiger partial charge in [-0.2, -0.15) is 0 Å². The van der Waals surface area contributed by atoms with Gasteiger partial charge in [0.05, 0.1) is 7.11 Å². The van der Waals surface area contributed by atoms with Gasteiger partial charge in [0, 0.05) is 0 Å². The zero-order valence-electron chi connectivity index (χ0n) is 11.2. The highest BCUT2D eigenvalue weighted by Crippen LogP contribution is 2.32. The van der Waals surface area contributed by atoms with E-state index in [1.165, 1.54) is 28.7 Å². The van der Waals surface area contributed by atoms with E-state index in [2.05, 4.69) is 54.6 Å². The Labute approximate surface area is 114 Å². The number of methoxy groups -OCH3 is 1. The fourth-order valence-corrected chi connectivity index (χ4v) is 2.71. The molecule has 1 aliphatic rings. The SMILES string of the molecule is COc1ccc2c(c1)CCCC=C2c1ccccc1. The summed E-state index contributed by atoms with van der Waals surface area (Å²) >= 11 is 0. The molecule has 0 N–H and O–H groups in total. The van der Waals surface area contributed by atoms with Crippen LogP contribution in [0, 0.1) is 0 Å². The van der Waals surface area contributed by atoms with Gasteiger partial charge in [-0.3, -0.25) is 0 Å². The van der Waals surface area contributed by atoms with Gasteiger partial charge in [-0.1, -0.05) is 42.5 Å². The van der Waals surface area contributed by atoms with Crippen molar-refractivity contribution in [1.82, 2.24) is 0 Å². The molecule has 0 saturated carbocycles. The van der Waals surface area contributed by atoms with Crippen molar-refractivity contribution < 1.29 is 4.74 Å². The van der Waals surface area contributed by atoms with Gasteiger partial charge in [-0.15, -0.1) is 0 Å². The van der Waals surface area contributed by atoms with Crippen LogP contribution >= 0.6 is 0 Å². The van der Waals surface area contributed by atoms with Gasteiger partial charge in [0.15, 0.2) is 0 Å². The number of hydrogen-bond donors (Lipinski definition) is 0. The van der Waals surface area contributed by atoms with E-state index in [1.54, 1.807) is 7.11 Å². The molecule has 0 bridgehead atoms. The molecule has 3 rings (SSSR count). The van der Waals surface area contributed by atoms with Crippen molar-refractivity contribution in [3.05, 3.63) is 71.3 Å². The molecular weight excluding hydrogens is 232 g/mol. The maximum Gasteiger partial charge on any atom is 0.119 e. The number of fused-ring (bicyclic) bond motifs is 1. The van der Waals surface area contributed by atoms with Crippen LogP contribution in [-0.4, -0.2) is 7.11 Å². The first-order valence-corrected chi connectivity index (χ1v) is 6.81. The first kappa shape index (κ1) is 12.0. The van der Waals surface area contributed by atoms with E-state index in [0.717, 1.165) is 18.6 Å². The molecule has 0 aliphatic heterocycles.